The Kier molecular flexibility index (Phi) is 6.67. The summed E-state index contributed by atoms with van der Waals surface area (Å²) in [6.45, 7) is 6.82. The molecule has 37 heavy (non-hydrogen) atoms. The highest BCUT2D eigenvalue weighted by Gasteiger charge is 2.23. The molecule has 2 fully saturated rings. The third-order valence-corrected chi connectivity index (χ3v) is 7.76. The number of aromatic nitrogens is 4. The number of carbonyl (C=O) groups excluding carboxylic acids is 1. The summed E-state index contributed by atoms with van der Waals surface area (Å²) in [5, 5.41) is 4.07. The van der Waals surface area contributed by atoms with Crippen LogP contribution in [0.3, 0.4) is 0 Å². The van der Waals surface area contributed by atoms with Gasteiger partial charge in [0.2, 0.25) is 0 Å². The third-order valence-electron chi connectivity index (χ3n) is 6.71. The fourth-order valence-corrected chi connectivity index (χ4v) is 5.78. The minimum absolute atomic E-state index is 0.259. The summed E-state index contributed by atoms with van der Waals surface area (Å²) in [6.07, 6.45) is 5.19. The number of nitrogens with zero attached hydrogens (tertiary/aromatic N) is 6. The van der Waals surface area contributed by atoms with Crippen molar-refractivity contribution in [1.29, 1.82) is 0 Å². The lowest BCUT2D eigenvalue weighted by atomic mass is 10.1. The van der Waals surface area contributed by atoms with Gasteiger partial charge in [-0.3, -0.25) is 9.78 Å². The summed E-state index contributed by atoms with van der Waals surface area (Å²) < 4.78 is 6.45. The van der Waals surface area contributed by atoms with Gasteiger partial charge >= 0.3 is 0 Å². The van der Waals surface area contributed by atoms with E-state index in [4.69, 9.17) is 14.7 Å². The first-order valence-corrected chi connectivity index (χ1v) is 13.6. The first-order valence-electron chi connectivity index (χ1n) is 12.7. The number of hydrogen-bond acceptors (Lipinski definition) is 9. The Morgan fingerprint density at radius 3 is 2.62 bits per heavy atom. The molecular weight excluding hydrogens is 486 g/mol. The van der Waals surface area contributed by atoms with Gasteiger partial charge in [-0.25, -0.2) is 9.97 Å². The molecule has 0 atom stereocenters. The monoisotopic (exact) mass is 515 g/mol. The Balaban J connectivity index is 1.33. The maximum Gasteiger partial charge on any atom is 0.274 e. The van der Waals surface area contributed by atoms with Crippen molar-refractivity contribution in [3.63, 3.8) is 0 Å². The number of ether oxygens (including phenoxy) is 1. The lowest BCUT2D eigenvalue weighted by Gasteiger charge is -2.29. The van der Waals surface area contributed by atoms with Crippen LogP contribution in [0.1, 0.15) is 35.4 Å². The summed E-state index contributed by atoms with van der Waals surface area (Å²) in [5.74, 6) is 0.519. The highest BCUT2D eigenvalue weighted by atomic mass is 32.1. The van der Waals surface area contributed by atoms with E-state index in [1.807, 2.05) is 37.3 Å². The van der Waals surface area contributed by atoms with Crippen LogP contribution >= 0.6 is 11.3 Å². The van der Waals surface area contributed by atoms with Crippen molar-refractivity contribution in [2.75, 3.05) is 54.5 Å². The highest BCUT2D eigenvalue weighted by molar-refractivity contribution is 7.22. The van der Waals surface area contributed by atoms with Gasteiger partial charge in [0.05, 0.1) is 29.3 Å². The van der Waals surface area contributed by atoms with E-state index in [1.54, 1.807) is 23.6 Å². The summed E-state index contributed by atoms with van der Waals surface area (Å²) in [4.78, 5) is 36.6. The van der Waals surface area contributed by atoms with Crippen LogP contribution in [0.4, 0.5) is 16.6 Å². The average Bonchev–Trinajstić information content (AvgIpc) is 3.37. The second-order valence-corrected chi connectivity index (χ2v) is 10.4. The van der Waals surface area contributed by atoms with Crippen LogP contribution in [0.5, 0.6) is 0 Å². The molecule has 0 aliphatic carbocycles. The van der Waals surface area contributed by atoms with Crippen molar-refractivity contribution in [3.8, 4) is 11.3 Å². The zero-order chi connectivity index (χ0) is 25.2. The van der Waals surface area contributed by atoms with E-state index in [9.17, 15) is 4.79 Å². The van der Waals surface area contributed by atoms with Gasteiger partial charge in [0.25, 0.3) is 5.91 Å². The van der Waals surface area contributed by atoms with E-state index in [0.717, 1.165) is 77.3 Å². The van der Waals surface area contributed by atoms with E-state index in [2.05, 4.69) is 25.1 Å². The second-order valence-electron chi connectivity index (χ2n) is 9.37. The van der Waals surface area contributed by atoms with E-state index >= 15 is 0 Å². The zero-order valence-electron chi connectivity index (χ0n) is 20.8. The Bertz CT molecular complexity index is 1430. The number of hydrogen-bond donors (Lipinski definition) is 1. The molecule has 0 bridgehead atoms. The first kappa shape index (κ1) is 23.7. The predicted octanol–water partition coefficient (Wildman–Crippen LogP) is 4.54. The summed E-state index contributed by atoms with van der Waals surface area (Å²) in [6, 6.07) is 11.4. The van der Waals surface area contributed by atoms with Crippen molar-refractivity contribution in [1.82, 2.24) is 19.9 Å². The van der Waals surface area contributed by atoms with Crippen molar-refractivity contribution in [2.24, 2.45) is 0 Å². The molecule has 6 rings (SSSR count). The third kappa shape index (κ3) is 5.12. The van der Waals surface area contributed by atoms with E-state index in [-0.39, 0.29) is 5.91 Å². The van der Waals surface area contributed by atoms with Crippen LogP contribution in [0.2, 0.25) is 0 Å². The number of carbonyl (C=O) groups is 1. The molecule has 0 spiro atoms. The minimum Gasteiger partial charge on any atom is -0.378 e. The molecule has 1 N–H and O–H groups in total. The first-order chi connectivity index (χ1) is 18.1. The topological polar surface area (TPSA) is 96.4 Å². The molecule has 2 aliphatic heterocycles. The van der Waals surface area contributed by atoms with Gasteiger partial charge in [-0.05, 0) is 56.5 Å². The van der Waals surface area contributed by atoms with Crippen LogP contribution in [0.25, 0.3) is 21.6 Å². The number of rotatable bonds is 5. The standard InChI is InChI=1S/C27H29N7O2S/c1-18-16-19(8-9-28-18)20-6-5-7-21(29-20)26(35)30-22-17-23-24(31-25(22)33-10-3-2-4-11-33)32-27(37-23)34-12-14-36-15-13-34/h5-9,16-17H,2-4,10-15H2,1H3,(H,30,35). The fourth-order valence-electron chi connectivity index (χ4n) is 4.78. The van der Waals surface area contributed by atoms with E-state index < -0.39 is 0 Å². The molecule has 190 valence electrons. The molecule has 4 aromatic rings. The Labute approximate surface area is 219 Å². The number of fused-ring (bicyclic) bond motifs is 1. The number of piperidine rings is 1. The van der Waals surface area contributed by atoms with Gasteiger partial charge in [0.1, 0.15) is 5.69 Å². The lowest BCUT2D eigenvalue weighted by Crippen LogP contribution is -2.36. The number of nitrogens with one attached hydrogen (secondary N) is 1. The number of aryl methyl sites for hydroxylation is 1. The molecule has 4 aromatic heterocycles. The Morgan fingerprint density at radius 1 is 0.973 bits per heavy atom. The van der Waals surface area contributed by atoms with Gasteiger partial charge in [-0.15, -0.1) is 0 Å². The van der Waals surface area contributed by atoms with Gasteiger partial charge in [0, 0.05) is 43.6 Å². The van der Waals surface area contributed by atoms with Crippen LogP contribution in [-0.2, 0) is 4.74 Å². The van der Waals surface area contributed by atoms with Gasteiger partial charge in [-0.2, -0.15) is 4.98 Å². The Morgan fingerprint density at radius 2 is 1.81 bits per heavy atom. The van der Waals surface area contributed by atoms with Gasteiger partial charge in [0.15, 0.2) is 16.6 Å². The highest BCUT2D eigenvalue weighted by Crippen LogP contribution is 2.35. The number of anilines is 3. The van der Waals surface area contributed by atoms with Crippen molar-refractivity contribution >= 4 is 44.2 Å². The summed E-state index contributed by atoms with van der Waals surface area (Å²) in [5.41, 5.74) is 4.34. The minimum atomic E-state index is -0.259. The second kappa shape index (κ2) is 10.4. The number of amides is 1. The van der Waals surface area contributed by atoms with Crippen LogP contribution in [0.15, 0.2) is 42.6 Å². The quantitative estimate of drug-likeness (QED) is 0.414. The summed E-state index contributed by atoms with van der Waals surface area (Å²) >= 11 is 1.60. The fraction of sp³-hybridized carbons (Fsp3) is 0.370. The molecule has 10 heteroatoms. The average molecular weight is 516 g/mol. The Hall–Kier alpha value is -3.63. The SMILES string of the molecule is Cc1cc(-c2cccc(C(=O)Nc3cc4sc(N5CCOCC5)nc4nc3N3CCCCC3)n2)ccn1. The lowest BCUT2D eigenvalue weighted by molar-refractivity contribution is 0.102. The molecule has 0 saturated carbocycles. The van der Waals surface area contributed by atoms with E-state index in [1.165, 1.54) is 6.42 Å². The van der Waals surface area contributed by atoms with Gasteiger partial charge in [-0.1, -0.05) is 17.4 Å². The zero-order valence-corrected chi connectivity index (χ0v) is 21.6. The molecule has 0 radical (unpaired) electrons. The van der Waals surface area contributed by atoms with Crippen molar-refractivity contribution < 1.29 is 9.53 Å². The normalized spacial score (nSPS) is 16.2. The van der Waals surface area contributed by atoms with Gasteiger partial charge < -0.3 is 19.9 Å². The molecule has 0 unspecified atom stereocenters. The van der Waals surface area contributed by atoms with Crippen LogP contribution in [-0.4, -0.2) is 65.2 Å². The summed E-state index contributed by atoms with van der Waals surface area (Å²) in [7, 11) is 0. The number of thiazole rings is 1. The maximum absolute atomic E-state index is 13.4. The number of morpholine rings is 1. The predicted molar refractivity (Wildman–Crippen MR) is 147 cm³/mol. The maximum atomic E-state index is 13.4. The molecule has 2 aliphatic rings. The smallest absolute Gasteiger partial charge is 0.274 e. The molecule has 0 aromatic carbocycles. The van der Waals surface area contributed by atoms with Crippen LogP contribution < -0.4 is 15.1 Å². The molecule has 9 nitrogen and oxygen atoms in total. The van der Waals surface area contributed by atoms with Crippen molar-refractivity contribution in [3.05, 3.63) is 54.0 Å². The molecule has 6 heterocycles. The molecular formula is C27H29N7O2S. The van der Waals surface area contributed by atoms with Crippen LogP contribution in [0, 0.1) is 6.92 Å². The molecule has 1 amide bonds. The van der Waals surface area contributed by atoms with Crippen molar-refractivity contribution in [2.45, 2.75) is 26.2 Å². The van der Waals surface area contributed by atoms with E-state index in [0.29, 0.717) is 24.6 Å². The molecule has 2 saturated heterocycles. The number of pyridine rings is 3. The largest absolute Gasteiger partial charge is 0.378 e.